The van der Waals surface area contributed by atoms with Crippen molar-refractivity contribution in [2.75, 3.05) is 33.2 Å². The summed E-state index contributed by atoms with van der Waals surface area (Å²) in [5, 5.41) is 8.26. The second kappa shape index (κ2) is 10.5. The van der Waals surface area contributed by atoms with Crippen LogP contribution in [-0.2, 0) is 13.0 Å². The fourth-order valence-electron chi connectivity index (χ4n) is 4.13. The van der Waals surface area contributed by atoms with Crippen LogP contribution in [0.15, 0.2) is 36.5 Å². The van der Waals surface area contributed by atoms with E-state index in [0.717, 1.165) is 51.9 Å². The predicted octanol–water partition coefficient (Wildman–Crippen LogP) is 3.35. The fourth-order valence-corrected chi connectivity index (χ4v) is 4.13. The van der Waals surface area contributed by atoms with Crippen molar-refractivity contribution in [3.63, 3.8) is 0 Å². The van der Waals surface area contributed by atoms with E-state index in [1.165, 1.54) is 12.1 Å². The average molecular weight is 398 g/mol. The number of hydrogen-bond acceptors (Lipinski definition) is 4. The van der Waals surface area contributed by atoms with E-state index >= 15 is 0 Å². The Morgan fingerprint density at radius 1 is 1.21 bits per heavy atom. The SMILES string of the molecule is CC(C)CN1CCC(CN(C)C(=O)c2cn(CCCc3ccccc3)nn2)CC1. The molecule has 2 aromatic rings. The van der Waals surface area contributed by atoms with Crippen molar-refractivity contribution in [2.45, 2.75) is 46.1 Å². The normalized spacial score (nSPS) is 15.7. The van der Waals surface area contributed by atoms with E-state index in [9.17, 15) is 4.79 Å². The molecular formula is C23H35N5O. The summed E-state index contributed by atoms with van der Waals surface area (Å²) >= 11 is 0. The number of piperidine rings is 1. The monoisotopic (exact) mass is 397 g/mol. The van der Waals surface area contributed by atoms with Crippen LogP contribution in [0.25, 0.3) is 0 Å². The van der Waals surface area contributed by atoms with Crippen LogP contribution in [0.1, 0.15) is 49.2 Å². The van der Waals surface area contributed by atoms with E-state index in [-0.39, 0.29) is 5.91 Å². The van der Waals surface area contributed by atoms with Gasteiger partial charge < -0.3 is 9.80 Å². The Morgan fingerprint density at radius 3 is 2.62 bits per heavy atom. The largest absolute Gasteiger partial charge is 0.340 e. The molecule has 0 atom stereocenters. The summed E-state index contributed by atoms with van der Waals surface area (Å²) in [7, 11) is 1.89. The molecule has 0 radical (unpaired) electrons. The molecule has 1 aromatic heterocycles. The lowest BCUT2D eigenvalue weighted by molar-refractivity contribution is 0.0730. The van der Waals surface area contributed by atoms with Gasteiger partial charge in [0.1, 0.15) is 0 Å². The molecule has 29 heavy (non-hydrogen) atoms. The Bertz CT molecular complexity index is 750. The van der Waals surface area contributed by atoms with Crippen molar-refractivity contribution in [2.24, 2.45) is 11.8 Å². The van der Waals surface area contributed by atoms with Crippen LogP contribution < -0.4 is 0 Å². The maximum Gasteiger partial charge on any atom is 0.275 e. The number of hydrogen-bond donors (Lipinski definition) is 0. The molecule has 3 rings (SSSR count). The molecule has 0 spiro atoms. The van der Waals surface area contributed by atoms with Crippen molar-refractivity contribution in [3.8, 4) is 0 Å². The van der Waals surface area contributed by atoms with Gasteiger partial charge in [-0.05, 0) is 56.2 Å². The zero-order valence-electron chi connectivity index (χ0n) is 18.1. The van der Waals surface area contributed by atoms with Crippen LogP contribution in [-0.4, -0.2) is 63.9 Å². The highest BCUT2D eigenvalue weighted by Gasteiger charge is 2.24. The molecule has 1 aliphatic heterocycles. The summed E-state index contributed by atoms with van der Waals surface area (Å²) in [5.74, 6) is 1.27. The first-order chi connectivity index (χ1) is 14.0. The van der Waals surface area contributed by atoms with Gasteiger partial charge in [0, 0.05) is 26.7 Å². The van der Waals surface area contributed by atoms with E-state index in [1.807, 2.05) is 18.0 Å². The van der Waals surface area contributed by atoms with Crippen molar-refractivity contribution >= 4 is 5.91 Å². The molecule has 1 aromatic carbocycles. The topological polar surface area (TPSA) is 54.3 Å². The Hall–Kier alpha value is -2.21. The Morgan fingerprint density at radius 2 is 1.93 bits per heavy atom. The standard InChI is InChI=1S/C23H35N5O/c1-19(2)16-27-14-11-21(12-15-27)17-26(3)23(29)22-18-28(25-24-22)13-7-10-20-8-5-4-6-9-20/h4-6,8-9,18-19,21H,7,10-17H2,1-3H3. The van der Waals surface area contributed by atoms with Crippen LogP contribution in [0.3, 0.4) is 0 Å². The van der Waals surface area contributed by atoms with Gasteiger partial charge in [0.05, 0.1) is 6.20 Å². The molecule has 0 saturated carbocycles. The van der Waals surface area contributed by atoms with Gasteiger partial charge >= 0.3 is 0 Å². The molecule has 0 bridgehead atoms. The maximum atomic E-state index is 12.7. The van der Waals surface area contributed by atoms with Crippen molar-refractivity contribution in [1.82, 2.24) is 24.8 Å². The number of aromatic nitrogens is 3. The minimum Gasteiger partial charge on any atom is -0.340 e. The molecule has 1 fully saturated rings. The number of carbonyl (C=O) groups excluding carboxylic acids is 1. The highest BCUT2D eigenvalue weighted by molar-refractivity contribution is 5.91. The molecule has 6 nitrogen and oxygen atoms in total. The van der Waals surface area contributed by atoms with Gasteiger partial charge in [-0.2, -0.15) is 0 Å². The van der Waals surface area contributed by atoms with Gasteiger partial charge in [0.2, 0.25) is 0 Å². The molecule has 2 heterocycles. The molecule has 158 valence electrons. The molecule has 1 saturated heterocycles. The van der Waals surface area contributed by atoms with Crippen LogP contribution in [0.4, 0.5) is 0 Å². The lowest BCUT2D eigenvalue weighted by Gasteiger charge is -2.34. The van der Waals surface area contributed by atoms with E-state index in [1.54, 1.807) is 10.9 Å². The third-order valence-electron chi connectivity index (χ3n) is 5.66. The summed E-state index contributed by atoms with van der Waals surface area (Å²) in [5.41, 5.74) is 1.77. The highest BCUT2D eigenvalue weighted by atomic mass is 16.2. The smallest absolute Gasteiger partial charge is 0.275 e. The number of rotatable bonds is 9. The summed E-state index contributed by atoms with van der Waals surface area (Å²) in [6, 6.07) is 10.4. The van der Waals surface area contributed by atoms with Crippen LogP contribution in [0.2, 0.25) is 0 Å². The van der Waals surface area contributed by atoms with Gasteiger partial charge in [-0.3, -0.25) is 9.48 Å². The van der Waals surface area contributed by atoms with Crippen LogP contribution in [0, 0.1) is 11.8 Å². The lowest BCUT2D eigenvalue weighted by atomic mass is 9.95. The number of amides is 1. The third kappa shape index (κ3) is 6.67. The Kier molecular flexibility index (Phi) is 7.81. The number of aryl methyl sites for hydroxylation is 2. The molecule has 0 aliphatic carbocycles. The first-order valence-electron chi connectivity index (χ1n) is 10.9. The van der Waals surface area contributed by atoms with Crippen molar-refractivity contribution < 1.29 is 4.79 Å². The van der Waals surface area contributed by atoms with Crippen LogP contribution >= 0.6 is 0 Å². The van der Waals surface area contributed by atoms with Crippen molar-refractivity contribution in [1.29, 1.82) is 0 Å². The van der Waals surface area contributed by atoms with E-state index < -0.39 is 0 Å². The van der Waals surface area contributed by atoms with Crippen LogP contribution in [0.5, 0.6) is 0 Å². The second-order valence-corrected chi connectivity index (χ2v) is 8.78. The highest BCUT2D eigenvalue weighted by Crippen LogP contribution is 2.19. The molecule has 0 unspecified atom stereocenters. The van der Waals surface area contributed by atoms with E-state index in [0.29, 0.717) is 17.5 Å². The number of carbonyl (C=O) groups is 1. The van der Waals surface area contributed by atoms with Gasteiger partial charge in [-0.15, -0.1) is 5.10 Å². The molecule has 6 heteroatoms. The van der Waals surface area contributed by atoms with E-state index in [2.05, 4.69) is 53.3 Å². The minimum absolute atomic E-state index is 0.0241. The third-order valence-corrected chi connectivity index (χ3v) is 5.66. The average Bonchev–Trinajstić information content (AvgIpc) is 3.18. The lowest BCUT2D eigenvalue weighted by Crippen LogP contribution is -2.40. The van der Waals surface area contributed by atoms with Gasteiger partial charge in [0.25, 0.3) is 5.91 Å². The Balaban J connectivity index is 1.42. The summed E-state index contributed by atoms with van der Waals surface area (Å²) in [4.78, 5) is 17.1. The molecule has 1 aliphatic rings. The van der Waals surface area contributed by atoms with E-state index in [4.69, 9.17) is 0 Å². The quantitative estimate of drug-likeness (QED) is 0.651. The Labute approximate surface area is 174 Å². The van der Waals surface area contributed by atoms with Gasteiger partial charge in [-0.1, -0.05) is 49.4 Å². The molecule has 0 N–H and O–H groups in total. The zero-order chi connectivity index (χ0) is 20.6. The number of likely N-dealkylation sites (tertiary alicyclic amines) is 1. The zero-order valence-corrected chi connectivity index (χ0v) is 18.1. The van der Waals surface area contributed by atoms with Gasteiger partial charge in [0.15, 0.2) is 5.69 Å². The summed E-state index contributed by atoms with van der Waals surface area (Å²) in [6.07, 6.45) is 6.09. The second-order valence-electron chi connectivity index (χ2n) is 8.78. The summed E-state index contributed by atoms with van der Waals surface area (Å²) in [6.45, 7) is 9.57. The fraction of sp³-hybridized carbons (Fsp3) is 0.609. The molecule has 1 amide bonds. The summed E-state index contributed by atoms with van der Waals surface area (Å²) < 4.78 is 1.79. The molecular weight excluding hydrogens is 362 g/mol. The van der Waals surface area contributed by atoms with Gasteiger partial charge in [-0.25, -0.2) is 0 Å². The predicted molar refractivity (Wildman–Crippen MR) is 116 cm³/mol. The maximum absolute atomic E-state index is 12.7. The number of nitrogens with zero attached hydrogens (tertiary/aromatic N) is 5. The van der Waals surface area contributed by atoms with Crippen molar-refractivity contribution in [3.05, 3.63) is 47.8 Å². The first-order valence-corrected chi connectivity index (χ1v) is 10.9. The first kappa shape index (κ1) is 21.5. The number of benzene rings is 1. The minimum atomic E-state index is -0.0241.